The van der Waals surface area contributed by atoms with E-state index in [0.717, 1.165) is 11.1 Å². The molecule has 0 radical (unpaired) electrons. The number of halogens is 1. The molecule has 0 unspecified atom stereocenters. The molecule has 8 heteroatoms. The van der Waals surface area contributed by atoms with Gasteiger partial charge in [-0.2, -0.15) is 0 Å². The molecular formula is C22H17ClN4O3. The normalized spacial score (nSPS) is 22.7. The lowest BCUT2D eigenvalue weighted by atomic mass is 9.69. The van der Waals surface area contributed by atoms with Crippen LogP contribution in [0.15, 0.2) is 67.0 Å². The SMILES string of the molecule is CN1C(=O)CN2C(=O)[C@@H](Oc3ncccn3)[C@]2(c2ccccc2)c2cc(Cl)ccc21. The summed E-state index contributed by atoms with van der Waals surface area (Å²) in [5, 5.41) is 0.501. The van der Waals surface area contributed by atoms with Crippen molar-refractivity contribution < 1.29 is 14.3 Å². The summed E-state index contributed by atoms with van der Waals surface area (Å²) in [5.41, 5.74) is 1.16. The number of hydrogen-bond acceptors (Lipinski definition) is 5. The Morgan fingerprint density at radius 1 is 1.07 bits per heavy atom. The number of hydrogen-bond donors (Lipinski definition) is 0. The fourth-order valence-corrected chi connectivity index (χ4v) is 4.45. The minimum Gasteiger partial charge on any atom is -0.447 e. The highest BCUT2D eigenvalue weighted by atomic mass is 35.5. The highest BCUT2D eigenvalue weighted by molar-refractivity contribution is 6.30. The smallest absolute Gasteiger partial charge is 0.317 e. The molecule has 30 heavy (non-hydrogen) atoms. The van der Waals surface area contributed by atoms with E-state index < -0.39 is 11.6 Å². The predicted molar refractivity (Wildman–Crippen MR) is 110 cm³/mol. The first kappa shape index (κ1) is 18.6. The molecule has 2 aliphatic heterocycles. The number of carbonyl (C=O) groups is 2. The minimum atomic E-state index is -1.04. The summed E-state index contributed by atoms with van der Waals surface area (Å²) in [6.45, 7) is -0.0773. The van der Waals surface area contributed by atoms with Crippen molar-refractivity contribution in [2.75, 3.05) is 18.5 Å². The summed E-state index contributed by atoms with van der Waals surface area (Å²) < 4.78 is 6.03. The number of amides is 2. The van der Waals surface area contributed by atoms with Crippen LogP contribution >= 0.6 is 11.6 Å². The Labute approximate surface area is 177 Å². The molecule has 3 heterocycles. The molecule has 3 aromatic rings. The molecular weight excluding hydrogens is 404 g/mol. The first-order valence-electron chi connectivity index (χ1n) is 9.40. The van der Waals surface area contributed by atoms with Gasteiger partial charge in [-0.25, -0.2) is 9.97 Å². The van der Waals surface area contributed by atoms with Gasteiger partial charge in [0.25, 0.3) is 5.91 Å². The van der Waals surface area contributed by atoms with Crippen LogP contribution in [0.5, 0.6) is 6.01 Å². The highest BCUT2D eigenvalue weighted by Gasteiger charge is 2.66. The van der Waals surface area contributed by atoms with Gasteiger partial charge in [0.2, 0.25) is 12.0 Å². The maximum Gasteiger partial charge on any atom is 0.317 e. The van der Waals surface area contributed by atoms with Crippen LogP contribution in [0.4, 0.5) is 5.69 Å². The van der Waals surface area contributed by atoms with Gasteiger partial charge in [-0.05, 0) is 29.8 Å². The van der Waals surface area contributed by atoms with Crippen LogP contribution in [-0.4, -0.2) is 46.4 Å². The van der Waals surface area contributed by atoms with E-state index in [2.05, 4.69) is 9.97 Å². The average molecular weight is 421 g/mol. The molecule has 5 rings (SSSR count). The Morgan fingerprint density at radius 2 is 1.80 bits per heavy atom. The molecule has 2 amide bonds. The summed E-state index contributed by atoms with van der Waals surface area (Å²) in [7, 11) is 1.69. The number of carbonyl (C=O) groups excluding carboxylic acids is 2. The zero-order chi connectivity index (χ0) is 20.9. The van der Waals surface area contributed by atoms with E-state index in [1.54, 1.807) is 53.5 Å². The van der Waals surface area contributed by atoms with Crippen molar-refractivity contribution in [2.24, 2.45) is 0 Å². The quantitative estimate of drug-likeness (QED) is 0.609. The van der Waals surface area contributed by atoms with Gasteiger partial charge in [-0.1, -0.05) is 41.9 Å². The van der Waals surface area contributed by atoms with Crippen molar-refractivity contribution in [3.8, 4) is 6.01 Å². The van der Waals surface area contributed by atoms with Gasteiger partial charge < -0.3 is 14.5 Å². The molecule has 1 saturated heterocycles. The van der Waals surface area contributed by atoms with Crippen LogP contribution < -0.4 is 9.64 Å². The van der Waals surface area contributed by atoms with Gasteiger partial charge >= 0.3 is 6.01 Å². The summed E-state index contributed by atoms with van der Waals surface area (Å²) in [5.74, 6) is -0.500. The second-order valence-corrected chi connectivity index (χ2v) is 7.64. The summed E-state index contributed by atoms with van der Waals surface area (Å²) >= 11 is 6.37. The van der Waals surface area contributed by atoms with Crippen molar-refractivity contribution in [1.82, 2.24) is 14.9 Å². The van der Waals surface area contributed by atoms with E-state index in [1.807, 2.05) is 30.3 Å². The van der Waals surface area contributed by atoms with Crippen LogP contribution in [-0.2, 0) is 15.1 Å². The van der Waals surface area contributed by atoms with E-state index >= 15 is 0 Å². The van der Waals surface area contributed by atoms with E-state index in [0.29, 0.717) is 10.7 Å². The van der Waals surface area contributed by atoms with Gasteiger partial charge in [0.05, 0.1) is 0 Å². The number of ether oxygens (including phenoxy) is 1. The zero-order valence-electron chi connectivity index (χ0n) is 16.0. The third-order valence-electron chi connectivity index (χ3n) is 5.67. The number of β-lactam (4-membered cyclic amide) rings is 1. The third kappa shape index (κ3) is 2.52. The van der Waals surface area contributed by atoms with Crippen LogP contribution in [0.25, 0.3) is 0 Å². The maximum absolute atomic E-state index is 13.2. The van der Waals surface area contributed by atoms with Gasteiger partial charge in [0.1, 0.15) is 12.1 Å². The molecule has 1 aromatic heterocycles. The molecule has 150 valence electrons. The van der Waals surface area contributed by atoms with Crippen molar-refractivity contribution in [3.63, 3.8) is 0 Å². The Kier molecular flexibility index (Phi) is 4.22. The molecule has 0 saturated carbocycles. The number of nitrogens with zero attached hydrogens (tertiary/aromatic N) is 4. The lowest BCUT2D eigenvalue weighted by molar-refractivity contribution is -0.178. The Balaban J connectivity index is 1.78. The van der Waals surface area contributed by atoms with Crippen LogP contribution in [0, 0.1) is 0 Å². The predicted octanol–water partition coefficient (Wildman–Crippen LogP) is 2.64. The Bertz CT molecular complexity index is 1140. The van der Waals surface area contributed by atoms with Gasteiger partial charge in [-0.15, -0.1) is 0 Å². The van der Waals surface area contributed by atoms with Gasteiger partial charge in [0, 0.05) is 35.7 Å². The molecule has 0 bridgehead atoms. The number of likely N-dealkylation sites (N-methyl/N-ethyl adjacent to an activating group) is 1. The molecule has 2 aromatic carbocycles. The van der Waals surface area contributed by atoms with Crippen molar-refractivity contribution in [2.45, 2.75) is 11.6 Å². The van der Waals surface area contributed by atoms with Crippen molar-refractivity contribution in [3.05, 3.63) is 83.1 Å². The second-order valence-electron chi connectivity index (χ2n) is 7.20. The number of fused-ring (bicyclic) bond motifs is 3. The number of benzene rings is 2. The molecule has 2 atom stereocenters. The molecule has 1 fully saturated rings. The lowest BCUT2D eigenvalue weighted by Crippen LogP contribution is -2.74. The summed E-state index contributed by atoms with van der Waals surface area (Å²) in [6.07, 6.45) is 2.15. The monoisotopic (exact) mass is 420 g/mol. The standard InChI is InChI=1S/C22H17ClN4O3/c1-26-17-9-8-15(23)12-16(17)22(14-6-3-2-4-7-14)19(20(29)27(22)13-18(26)28)30-21-24-10-5-11-25-21/h2-12,19H,13H2,1H3/t19-,22+/m1/s1. The topological polar surface area (TPSA) is 75.6 Å². The fourth-order valence-electron chi connectivity index (χ4n) is 4.28. The largest absolute Gasteiger partial charge is 0.447 e. The second kappa shape index (κ2) is 6.81. The summed E-state index contributed by atoms with van der Waals surface area (Å²) in [6, 6.07) is 16.6. The van der Waals surface area contributed by atoms with E-state index in [1.165, 1.54) is 0 Å². The third-order valence-corrected chi connectivity index (χ3v) is 5.91. The molecule has 7 nitrogen and oxygen atoms in total. The Hall–Kier alpha value is -3.45. The maximum atomic E-state index is 13.2. The van der Waals surface area contributed by atoms with E-state index in [-0.39, 0.29) is 24.4 Å². The van der Waals surface area contributed by atoms with Crippen LogP contribution in [0.1, 0.15) is 11.1 Å². The van der Waals surface area contributed by atoms with E-state index in [4.69, 9.17) is 16.3 Å². The Morgan fingerprint density at radius 3 is 2.53 bits per heavy atom. The number of anilines is 1. The zero-order valence-corrected chi connectivity index (χ0v) is 16.8. The van der Waals surface area contributed by atoms with Gasteiger partial charge in [0.15, 0.2) is 0 Å². The average Bonchev–Trinajstić information content (AvgIpc) is 2.86. The minimum absolute atomic E-state index is 0.0773. The fraction of sp³-hybridized carbons (Fsp3) is 0.182. The van der Waals surface area contributed by atoms with E-state index in [9.17, 15) is 9.59 Å². The molecule has 2 aliphatic rings. The van der Waals surface area contributed by atoms with Crippen molar-refractivity contribution >= 4 is 29.1 Å². The number of rotatable bonds is 3. The first-order valence-corrected chi connectivity index (χ1v) is 9.78. The first-order chi connectivity index (χ1) is 14.5. The van der Waals surface area contributed by atoms with Crippen molar-refractivity contribution in [1.29, 1.82) is 0 Å². The molecule has 0 spiro atoms. The van der Waals surface area contributed by atoms with Gasteiger partial charge in [-0.3, -0.25) is 9.59 Å². The lowest BCUT2D eigenvalue weighted by Gasteiger charge is -2.55. The molecule has 0 aliphatic carbocycles. The van der Waals surface area contributed by atoms with Crippen LogP contribution in [0.3, 0.4) is 0 Å². The number of aromatic nitrogens is 2. The molecule has 0 N–H and O–H groups in total. The highest BCUT2D eigenvalue weighted by Crippen LogP contribution is 2.53. The summed E-state index contributed by atoms with van der Waals surface area (Å²) in [4.78, 5) is 37.4. The van der Waals surface area contributed by atoms with Crippen LogP contribution in [0.2, 0.25) is 5.02 Å².